The zero-order valence-electron chi connectivity index (χ0n) is 13.7. The molecule has 0 aromatic carbocycles. The first-order chi connectivity index (χ1) is 11.2. The van der Waals surface area contributed by atoms with Crippen LogP contribution in [0, 0.1) is 0 Å². The number of nitrogens with one attached hydrogen (secondary N) is 1. The maximum Gasteiger partial charge on any atom is 0.408 e. The molecule has 0 aliphatic carbocycles. The fourth-order valence-corrected chi connectivity index (χ4v) is 3.05. The molecule has 0 spiro atoms. The Morgan fingerprint density at radius 2 is 2.08 bits per heavy atom. The van der Waals surface area contributed by atoms with Crippen molar-refractivity contribution in [2.24, 2.45) is 0 Å². The van der Waals surface area contributed by atoms with Crippen molar-refractivity contribution in [3.63, 3.8) is 0 Å². The summed E-state index contributed by atoms with van der Waals surface area (Å²) in [6.07, 6.45) is -2.05. The second-order valence-electron chi connectivity index (χ2n) is 6.00. The molecular formula is C16H21F3N2O3. The van der Waals surface area contributed by atoms with Gasteiger partial charge in [-0.2, -0.15) is 13.2 Å². The van der Waals surface area contributed by atoms with Gasteiger partial charge in [-0.25, -0.2) is 0 Å². The Morgan fingerprint density at radius 1 is 1.38 bits per heavy atom. The average Bonchev–Trinajstić information content (AvgIpc) is 2.93. The van der Waals surface area contributed by atoms with E-state index in [0.29, 0.717) is 18.6 Å². The summed E-state index contributed by atoms with van der Waals surface area (Å²) in [5, 5.41) is 2.60. The van der Waals surface area contributed by atoms with E-state index in [1.54, 1.807) is 0 Å². The zero-order valence-corrected chi connectivity index (χ0v) is 13.7. The lowest BCUT2D eigenvalue weighted by Crippen LogP contribution is -2.58. The van der Waals surface area contributed by atoms with Gasteiger partial charge in [0.15, 0.2) is 0 Å². The van der Waals surface area contributed by atoms with E-state index in [-0.39, 0.29) is 30.9 Å². The second kappa shape index (κ2) is 7.27. The summed E-state index contributed by atoms with van der Waals surface area (Å²) in [7, 11) is 0. The number of alkyl halides is 3. The number of carbonyl (C=O) groups excluding carboxylic acids is 2. The van der Waals surface area contributed by atoms with Gasteiger partial charge in [-0.1, -0.05) is 6.92 Å². The highest BCUT2D eigenvalue weighted by Crippen LogP contribution is 2.33. The van der Waals surface area contributed by atoms with Crippen LogP contribution in [0.5, 0.6) is 0 Å². The molecule has 24 heavy (non-hydrogen) atoms. The number of halogens is 3. The molecule has 2 unspecified atom stereocenters. The van der Waals surface area contributed by atoms with E-state index in [4.69, 9.17) is 4.42 Å². The van der Waals surface area contributed by atoms with E-state index >= 15 is 0 Å². The van der Waals surface area contributed by atoms with Crippen molar-refractivity contribution in [3.8, 4) is 0 Å². The van der Waals surface area contributed by atoms with Gasteiger partial charge in [0.05, 0.1) is 11.8 Å². The van der Waals surface area contributed by atoms with Crippen molar-refractivity contribution in [2.45, 2.75) is 57.8 Å². The standard InChI is InChI=1S/C16H21F3N2O3/c1-3-4-13-12(7-8-24-13)15(23)21-9-11(20-10(2)22)5-6-14(21)16(17,18)19/h7-8,11,14H,3-6,9H2,1-2H3,(H,20,22). The number of rotatable bonds is 4. The van der Waals surface area contributed by atoms with Gasteiger partial charge in [-0.05, 0) is 25.3 Å². The Labute approximate surface area is 138 Å². The van der Waals surface area contributed by atoms with Gasteiger partial charge in [-0.15, -0.1) is 0 Å². The van der Waals surface area contributed by atoms with Crippen LogP contribution in [0.2, 0.25) is 0 Å². The molecule has 1 aliphatic rings. The molecule has 5 nitrogen and oxygen atoms in total. The smallest absolute Gasteiger partial charge is 0.408 e. The number of furan rings is 1. The van der Waals surface area contributed by atoms with Gasteiger partial charge in [0, 0.05) is 25.9 Å². The second-order valence-corrected chi connectivity index (χ2v) is 6.00. The molecule has 2 atom stereocenters. The first-order valence-corrected chi connectivity index (χ1v) is 7.95. The molecule has 134 valence electrons. The summed E-state index contributed by atoms with van der Waals surface area (Å²) >= 11 is 0. The van der Waals surface area contributed by atoms with Gasteiger partial charge in [-0.3, -0.25) is 9.59 Å². The number of piperidine rings is 1. The predicted octanol–water partition coefficient (Wildman–Crippen LogP) is 2.90. The van der Waals surface area contributed by atoms with Crippen LogP contribution in [-0.2, 0) is 11.2 Å². The van der Waals surface area contributed by atoms with Crippen molar-refractivity contribution < 1.29 is 27.2 Å². The predicted molar refractivity (Wildman–Crippen MR) is 80.4 cm³/mol. The third-order valence-electron chi connectivity index (χ3n) is 4.08. The van der Waals surface area contributed by atoms with E-state index in [1.807, 2.05) is 6.92 Å². The van der Waals surface area contributed by atoms with E-state index < -0.39 is 24.2 Å². The number of nitrogens with zero attached hydrogens (tertiary/aromatic N) is 1. The molecule has 1 saturated heterocycles. The largest absolute Gasteiger partial charge is 0.469 e. The van der Waals surface area contributed by atoms with Crippen LogP contribution in [0.15, 0.2) is 16.7 Å². The minimum atomic E-state index is -4.51. The van der Waals surface area contributed by atoms with Gasteiger partial charge < -0.3 is 14.6 Å². The molecule has 0 radical (unpaired) electrons. The topological polar surface area (TPSA) is 62.6 Å². The number of amides is 2. The Morgan fingerprint density at radius 3 is 2.67 bits per heavy atom. The maximum absolute atomic E-state index is 13.3. The van der Waals surface area contributed by atoms with Gasteiger partial charge >= 0.3 is 6.18 Å². The molecule has 2 amide bonds. The van der Waals surface area contributed by atoms with Crippen LogP contribution in [0.25, 0.3) is 0 Å². The van der Waals surface area contributed by atoms with Crippen molar-refractivity contribution in [1.82, 2.24) is 10.2 Å². The number of hydrogen-bond donors (Lipinski definition) is 1. The van der Waals surface area contributed by atoms with E-state index in [0.717, 1.165) is 4.90 Å². The lowest BCUT2D eigenvalue weighted by molar-refractivity contribution is -0.184. The number of likely N-dealkylation sites (tertiary alicyclic amines) is 1. The lowest BCUT2D eigenvalue weighted by Gasteiger charge is -2.40. The third kappa shape index (κ3) is 4.10. The number of carbonyl (C=O) groups is 2. The number of aryl methyl sites for hydroxylation is 1. The Kier molecular flexibility index (Phi) is 5.56. The fraction of sp³-hybridized carbons (Fsp3) is 0.625. The van der Waals surface area contributed by atoms with Crippen molar-refractivity contribution in [1.29, 1.82) is 0 Å². The summed E-state index contributed by atoms with van der Waals surface area (Å²) in [6.45, 7) is 3.03. The quantitative estimate of drug-likeness (QED) is 0.912. The van der Waals surface area contributed by atoms with E-state index in [2.05, 4.69) is 5.32 Å². The highest BCUT2D eigenvalue weighted by atomic mass is 19.4. The van der Waals surface area contributed by atoms with Gasteiger partial charge in [0.2, 0.25) is 5.91 Å². The van der Waals surface area contributed by atoms with Crippen LogP contribution >= 0.6 is 0 Å². The van der Waals surface area contributed by atoms with Crippen LogP contribution in [0.3, 0.4) is 0 Å². The van der Waals surface area contributed by atoms with E-state index in [9.17, 15) is 22.8 Å². The summed E-state index contributed by atoms with van der Waals surface area (Å²) in [6, 6.07) is -0.922. The minimum absolute atomic E-state index is 0.162. The minimum Gasteiger partial charge on any atom is -0.469 e. The van der Waals surface area contributed by atoms with Crippen LogP contribution in [0.1, 0.15) is 49.2 Å². The van der Waals surface area contributed by atoms with Crippen LogP contribution in [0.4, 0.5) is 13.2 Å². The van der Waals surface area contributed by atoms with Crippen LogP contribution in [-0.4, -0.2) is 41.5 Å². The molecule has 1 fully saturated rings. The molecule has 8 heteroatoms. The average molecular weight is 346 g/mol. The third-order valence-corrected chi connectivity index (χ3v) is 4.08. The molecule has 1 aromatic heterocycles. The Hall–Kier alpha value is -1.99. The number of hydrogen-bond acceptors (Lipinski definition) is 3. The molecule has 2 heterocycles. The molecule has 1 N–H and O–H groups in total. The first kappa shape index (κ1) is 18.4. The summed E-state index contributed by atoms with van der Waals surface area (Å²) < 4.78 is 45.2. The molecule has 2 rings (SSSR count). The first-order valence-electron chi connectivity index (χ1n) is 7.95. The molecule has 0 bridgehead atoms. The van der Waals surface area contributed by atoms with E-state index in [1.165, 1.54) is 19.3 Å². The summed E-state index contributed by atoms with van der Waals surface area (Å²) in [4.78, 5) is 24.7. The molecule has 0 saturated carbocycles. The Balaban J connectivity index is 2.27. The highest BCUT2D eigenvalue weighted by Gasteiger charge is 2.48. The monoisotopic (exact) mass is 346 g/mol. The zero-order chi connectivity index (χ0) is 17.9. The van der Waals surface area contributed by atoms with Crippen molar-refractivity contribution in [3.05, 3.63) is 23.7 Å². The SMILES string of the molecule is CCCc1occc1C(=O)N1CC(NC(C)=O)CCC1C(F)(F)F. The summed E-state index contributed by atoms with van der Waals surface area (Å²) in [5.74, 6) is -0.637. The maximum atomic E-state index is 13.3. The van der Waals surface area contributed by atoms with Crippen molar-refractivity contribution in [2.75, 3.05) is 6.54 Å². The highest BCUT2D eigenvalue weighted by molar-refractivity contribution is 5.95. The van der Waals surface area contributed by atoms with Gasteiger partial charge in [0.1, 0.15) is 11.8 Å². The summed E-state index contributed by atoms with van der Waals surface area (Å²) in [5.41, 5.74) is 0.162. The molecular weight excluding hydrogens is 325 g/mol. The van der Waals surface area contributed by atoms with Gasteiger partial charge in [0.25, 0.3) is 5.91 Å². The van der Waals surface area contributed by atoms with Crippen molar-refractivity contribution >= 4 is 11.8 Å². The normalized spacial score (nSPS) is 21.6. The molecule has 1 aliphatic heterocycles. The fourth-order valence-electron chi connectivity index (χ4n) is 3.05. The molecule has 1 aromatic rings. The Bertz CT molecular complexity index is 598. The lowest BCUT2D eigenvalue weighted by atomic mass is 9.96. The van der Waals surface area contributed by atoms with Crippen LogP contribution < -0.4 is 5.32 Å².